The molecule has 2 fully saturated rings. The number of ether oxygens (including phenoxy) is 1. The van der Waals surface area contributed by atoms with Crippen LogP contribution >= 0.6 is 0 Å². The third kappa shape index (κ3) is 3.05. The lowest BCUT2D eigenvalue weighted by Crippen LogP contribution is -2.30. The Hall–Kier alpha value is -2.13. The molecule has 0 bridgehead atoms. The largest absolute Gasteiger partial charge is 0.468 e. The van der Waals surface area contributed by atoms with Gasteiger partial charge < -0.3 is 4.74 Å². The quantitative estimate of drug-likeness (QED) is 0.765. The summed E-state index contributed by atoms with van der Waals surface area (Å²) in [5.41, 5.74) is 3.22. The summed E-state index contributed by atoms with van der Waals surface area (Å²) in [6.45, 7) is 7.28. The average Bonchev–Trinajstić information content (AvgIpc) is 3.17. The highest BCUT2D eigenvalue weighted by atomic mass is 16.5. The number of hydrogen-bond donors (Lipinski definition) is 0. The molecule has 1 saturated heterocycles. The Morgan fingerprint density at radius 3 is 2.42 bits per heavy atom. The van der Waals surface area contributed by atoms with Crippen molar-refractivity contribution in [2.24, 2.45) is 11.8 Å². The third-order valence-electron chi connectivity index (χ3n) is 6.21. The fraction of sp³-hybridized carbons (Fsp3) is 0.435. The Morgan fingerprint density at radius 2 is 1.77 bits per heavy atom. The molecular formula is C23H27NO2. The summed E-state index contributed by atoms with van der Waals surface area (Å²) in [6.07, 6.45) is 0. The highest BCUT2D eigenvalue weighted by molar-refractivity contribution is 5.82. The van der Waals surface area contributed by atoms with E-state index in [1.54, 1.807) is 0 Å². The van der Waals surface area contributed by atoms with E-state index in [1.807, 2.05) is 19.9 Å². The van der Waals surface area contributed by atoms with E-state index in [4.69, 9.17) is 4.74 Å². The predicted octanol–water partition coefficient (Wildman–Crippen LogP) is 3.98. The standard InChI is InChI=1S/C23H27NO2/c1-23(2,22(25)26-3)18-11-7-10-17(12-18)21-19-14-24(15-20(19)21)13-16-8-5-4-6-9-16/h4-12,19-21H,13-15H2,1-3H3/t19-,20+,21?. The molecule has 1 saturated carbocycles. The van der Waals surface area contributed by atoms with Crippen LogP contribution in [0, 0.1) is 11.8 Å². The van der Waals surface area contributed by atoms with E-state index in [0.717, 1.165) is 23.9 Å². The zero-order valence-electron chi connectivity index (χ0n) is 15.8. The second-order valence-corrected chi connectivity index (χ2v) is 8.28. The van der Waals surface area contributed by atoms with Crippen molar-refractivity contribution >= 4 is 5.97 Å². The van der Waals surface area contributed by atoms with Crippen molar-refractivity contribution in [2.75, 3.05) is 20.2 Å². The number of rotatable bonds is 5. The first kappa shape index (κ1) is 17.3. The van der Waals surface area contributed by atoms with Crippen LogP contribution in [0.4, 0.5) is 0 Å². The highest BCUT2D eigenvalue weighted by Gasteiger charge is 2.56. The number of nitrogens with zero attached hydrogens (tertiary/aromatic N) is 1. The molecule has 2 aromatic carbocycles. The Morgan fingerprint density at radius 1 is 1.08 bits per heavy atom. The molecule has 136 valence electrons. The van der Waals surface area contributed by atoms with Gasteiger partial charge in [-0.25, -0.2) is 0 Å². The van der Waals surface area contributed by atoms with Crippen LogP contribution in [0.1, 0.15) is 36.5 Å². The van der Waals surface area contributed by atoms with Crippen molar-refractivity contribution in [3.05, 3.63) is 71.3 Å². The highest BCUT2D eigenvalue weighted by Crippen LogP contribution is 2.58. The van der Waals surface area contributed by atoms with Gasteiger partial charge in [0.15, 0.2) is 0 Å². The van der Waals surface area contributed by atoms with Crippen LogP contribution in [0.3, 0.4) is 0 Å². The van der Waals surface area contributed by atoms with Gasteiger partial charge in [-0.15, -0.1) is 0 Å². The molecule has 1 aliphatic carbocycles. The molecule has 3 atom stereocenters. The zero-order valence-corrected chi connectivity index (χ0v) is 15.8. The summed E-state index contributed by atoms with van der Waals surface area (Å²) in [7, 11) is 1.46. The number of fused-ring (bicyclic) bond motifs is 1. The van der Waals surface area contributed by atoms with Gasteiger partial charge in [0.25, 0.3) is 0 Å². The minimum Gasteiger partial charge on any atom is -0.468 e. The number of carbonyl (C=O) groups is 1. The van der Waals surface area contributed by atoms with Crippen molar-refractivity contribution in [3.8, 4) is 0 Å². The molecule has 0 spiro atoms. The van der Waals surface area contributed by atoms with Crippen LogP contribution in [0.15, 0.2) is 54.6 Å². The molecule has 3 nitrogen and oxygen atoms in total. The SMILES string of the molecule is COC(=O)C(C)(C)c1cccc(C2[C@H]3CN(Cc4ccccc4)C[C@@H]23)c1. The Labute approximate surface area is 156 Å². The lowest BCUT2D eigenvalue weighted by molar-refractivity contribution is -0.146. The monoisotopic (exact) mass is 349 g/mol. The molecule has 4 rings (SSSR count). The number of benzene rings is 2. The van der Waals surface area contributed by atoms with Gasteiger partial charge in [-0.05, 0) is 48.3 Å². The lowest BCUT2D eigenvalue weighted by Gasteiger charge is -2.23. The maximum absolute atomic E-state index is 12.1. The van der Waals surface area contributed by atoms with E-state index in [-0.39, 0.29) is 5.97 Å². The first-order valence-electron chi connectivity index (χ1n) is 9.46. The molecule has 2 aromatic rings. The number of carbonyl (C=O) groups excluding carboxylic acids is 1. The fourth-order valence-electron chi connectivity index (χ4n) is 4.59. The lowest BCUT2D eigenvalue weighted by atomic mass is 9.83. The number of esters is 1. The smallest absolute Gasteiger partial charge is 0.315 e. The van der Waals surface area contributed by atoms with E-state index in [2.05, 4.69) is 53.4 Å². The number of hydrogen-bond acceptors (Lipinski definition) is 3. The zero-order chi connectivity index (χ0) is 18.3. The van der Waals surface area contributed by atoms with Gasteiger partial charge in [0, 0.05) is 19.6 Å². The molecule has 1 aliphatic heterocycles. The summed E-state index contributed by atoms with van der Waals surface area (Å²) in [5, 5.41) is 0. The minimum atomic E-state index is -0.603. The normalized spacial score (nSPS) is 25.0. The van der Waals surface area contributed by atoms with E-state index < -0.39 is 5.41 Å². The molecular weight excluding hydrogens is 322 g/mol. The van der Waals surface area contributed by atoms with Crippen molar-refractivity contribution in [1.82, 2.24) is 4.90 Å². The molecule has 1 heterocycles. The summed E-state index contributed by atoms with van der Waals surface area (Å²) in [5.74, 6) is 1.99. The number of methoxy groups -OCH3 is 1. The van der Waals surface area contributed by atoms with Gasteiger partial charge in [-0.3, -0.25) is 9.69 Å². The van der Waals surface area contributed by atoms with E-state index >= 15 is 0 Å². The predicted molar refractivity (Wildman–Crippen MR) is 103 cm³/mol. The second kappa shape index (κ2) is 6.55. The van der Waals surface area contributed by atoms with Gasteiger partial charge in [-0.1, -0.05) is 54.6 Å². The van der Waals surface area contributed by atoms with Crippen LogP contribution in [0.2, 0.25) is 0 Å². The van der Waals surface area contributed by atoms with Gasteiger partial charge in [0.1, 0.15) is 0 Å². The molecule has 1 unspecified atom stereocenters. The van der Waals surface area contributed by atoms with Gasteiger partial charge in [0.05, 0.1) is 12.5 Å². The minimum absolute atomic E-state index is 0.181. The van der Waals surface area contributed by atoms with Crippen molar-refractivity contribution in [3.63, 3.8) is 0 Å². The van der Waals surface area contributed by atoms with Gasteiger partial charge >= 0.3 is 5.97 Å². The summed E-state index contributed by atoms with van der Waals surface area (Å²) in [6, 6.07) is 19.3. The molecule has 0 amide bonds. The maximum Gasteiger partial charge on any atom is 0.315 e. The van der Waals surface area contributed by atoms with Crippen LogP contribution in [0.25, 0.3) is 0 Å². The molecule has 0 N–H and O–H groups in total. The van der Waals surface area contributed by atoms with Crippen LogP contribution in [-0.4, -0.2) is 31.1 Å². The first-order valence-corrected chi connectivity index (χ1v) is 9.46. The molecule has 0 aromatic heterocycles. The van der Waals surface area contributed by atoms with Crippen LogP contribution in [0.5, 0.6) is 0 Å². The Bertz CT molecular complexity index is 787. The molecule has 0 radical (unpaired) electrons. The van der Waals surface area contributed by atoms with Crippen LogP contribution < -0.4 is 0 Å². The van der Waals surface area contributed by atoms with E-state index in [1.165, 1.54) is 31.3 Å². The van der Waals surface area contributed by atoms with E-state index in [0.29, 0.717) is 5.92 Å². The number of likely N-dealkylation sites (tertiary alicyclic amines) is 1. The summed E-state index contributed by atoms with van der Waals surface area (Å²) < 4.78 is 4.99. The van der Waals surface area contributed by atoms with Crippen molar-refractivity contribution in [2.45, 2.75) is 31.7 Å². The van der Waals surface area contributed by atoms with Gasteiger partial charge in [-0.2, -0.15) is 0 Å². The summed E-state index contributed by atoms with van der Waals surface area (Å²) in [4.78, 5) is 14.7. The second-order valence-electron chi connectivity index (χ2n) is 8.28. The van der Waals surface area contributed by atoms with Gasteiger partial charge in [0.2, 0.25) is 0 Å². The maximum atomic E-state index is 12.1. The van der Waals surface area contributed by atoms with Crippen LogP contribution in [-0.2, 0) is 21.5 Å². The van der Waals surface area contributed by atoms with E-state index in [9.17, 15) is 4.79 Å². The fourth-order valence-corrected chi connectivity index (χ4v) is 4.59. The molecule has 2 aliphatic rings. The average molecular weight is 349 g/mol. The topological polar surface area (TPSA) is 29.5 Å². The molecule has 26 heavy (non-hydrogen) atoms. The third-order valence-corrected chi connectivity index (χ3v) is 6.21. The van der Waals surface area contributed by atoms with Crippen molar-refractivity contribution in [1.29, 1.82) is 0 Å². The number of piperidine rings is 1. The summed E-state index contributed by atoms with van der Waals surface area (Å²) >= 11 is 0. The Kier molecular flexibility index (Phi) is 4.36. The molecule has 3 heteroatoms. The van der Waals surface area contributed by atoms with Crippen molar-refractivity contribution < 1.29 is 9.53 Å². The Balaban J connectivity index is 1.43. The first-order chi connectivity index (χ1) is 12.5.